The molecule has 1 heterocycles. The smallest absolute Gasteiger partial charge is 0.0433 e. The number of hydrogen-bond acceptors (Lipinski definition) is 2. The number of rotatable bonds is 4. The van der Waals surface area contributed by atoms with Gasteiger partial charge in [-0.2, -0.15) is 0 Å². The zero-order valence-electron chi connectivity index (χ0n) is 8.73. The van der Waals surface area contributed by atoms with Crippen LogP contribution in [0.5, 0.6) is 0 Å². The number of piperidine rings is 1. The predicted molar refractivity (Wildman–Crippen MR) is 61.6 cm³/mol. The minimum atomic E-state index is 0.386. The summed E-state index contributed by atoms with van der Waals surface area (Å²) in [5.74, 6) is 2.75. The summed E-state index contributed by atoms with van der Waals surface area (Å²) >= 11 is 0. The van der Waals surface area contributed by atoms with Crippen LogP contribution < -0.4 is 0 Å². The average molecular weight is 213 g/mol. The molecule has 2 aliphatic rings. The first kappa shape index (κ1) is 10.6. The lowest BCUT2D eigenvalue weighted by Gasteiger charge is -2.29. The quantitative estimate of drug-likeness (QED) is 0.722. The maximum Gasteiger partial charge on any atom is 0.0433 e. The Bertz CT molecular complexity index is 201. The lowest BCUT2D eigenvalue weighted by molar-refractivity contribution is 0.241. The van der Waals surface area contributed by atoms with Crippen molar-refractivity contribution in [2.75, 3.05) is 19.7 Å². The van der Waals surface area contributed by atoms with Crippen LogP contribution in [-0.2, 0) is 0 Å². The molecule has 2 fully saturated rings. The molecule has 0 radical (unpaired) electrons. The summed E-state index contributed by atoms with van der Waals surface area (Å²) in [7, 11) is 1.19. The van der Waals surface area contributed by atoms with Crippen molar-refractivity contribution < 1.29 is 5.11 Å². The van der Waals surface area contributed by atoms with Gasteiger partial charge < -0.3 is 5.11 Å². The molecule has 80 valence electrons. The Kier molecular flexibility index (Phi) is 3.59. The third-order valence-electron chi connectivity index (χ3n) is 3.80. The molecule has 14 heavy (non-hydrogen) atoms. The van der Waals surface area contributed by atoms with Crippen molar-refractivity contribution >= 4 is 14.7 Å². The van der Waals surface area contributed by atoms with E-state index in [0.29, 0.717) is 6.61 Å². The van der Waals surface area contributed by atoms with Crippen molar-refractivity contribution in [3.8, 4) is 0 Å². The zero-order chi connectivity index (χ0) is 9.97. The summed E-state index contributed by atoms with van der Waals surface area (Å²) in [6.45, 7) is 2.85. The molecule has 3 heteroatoms. The molecule has 1 saturated heterocycles. The fraction of sp³-hybridized carbons (Fsp3) is 0.909. The largest absolute Gasteiger partial charge is 0.396 e. The molecule has 0 aromatic heterocycles. The van der Waals surface area contributed by atoms with E-state index in [1.165, 1.54) is 40.7 Å². The molecular weight excluding hydrogens is 193 g/mol. The van der Waals surface area contributed by atoms with Gasteiger partial charge >= 0.3 is 0 Å². The molecule has 1 N–H and O–H groups in total. The second-order valence-electron chi connectivity index (χ2n) is 4.60. The molecule has 0 aromatic carbocycles. The Hall–Kier alpha value is 0.0900. The fourth-order valence-electron chi connectivity index (χ4n) is 2.80. The topological polar surface area (TPSA) is 23.5 Å². The number of aliphatic hydroxyl groups excluding tert-OH is 1. The van der Waals surface area contributed by atoms with Crippen LogP contribution in [0.2, 0.25) is 0 Å². The lowest BCUT2D eigenvalue weighted by Crippen LogP contribution is -2.27. The average Bonchev–Trinajstić information content (AvgIpc) is 2.98. The van der Waals surface area contributed by atoms with Gasteiger partial charge in [-0.3, -0.25) is 4.67 Å². The van der Waals surface area contributed by atoms with Crippen molar-refractivity contribution in [2.45, 2.75) is 25.7 Å². The molecule has 2 rings (SSSR count). The highest BCUT2D eigenvalue weighted by Gasteiger charge is 2.42. The van der Waals surface area contributed by atoms with Crippen LogP contribution in [-0.4, -0.2) is 35.8 Å². The van der Waals surface area contributed by atoms with Gasteiger partial charge in [0.05, 0.1) is 0 Å². The van der Waals surface area contributed by atoms with Crippen LogP contribution in [0.3, 0.4) is 0 Å². The highest BCUT2D eigenvalue weighted by molar-refractivity contribution is 7.33. The number of aliphatic hydroxyl groups is 1. The van der Waals surface area contributed by atoms with E-state index in [0.717, 1.165) is 24.2 Å². The molecule has 2 atom stereocenters. The Morgan fingerprint density at radius 2 is 2.07 bits per heavy atom. The highest BCUT2D eigenvalue weighted by Crippen LogP contribution is 2.49. The maximum atomic E-state index is 8.86. The molecule has 1 saturated carbocycles. The zero-order valence-corrected chi connectivity index (χ0v) is 9.62. The monoisotopic (exact) mass is 213 g/mol. The SMILES string of the molecule is C=PN1CCC(C2CC2CCO)CC1. The minimum absolute atomic E-state index is 0.386. The van der Waals surface area contributed by atoms with Gasteiger partial charge in [-0.1, -0.05) is 6.30 Å². The van der Waals surface area contributed by atoms with Crippen LogP contribution in [0.15, 0.2) is 0 Å². The normalized spacial score (nSPS) is 34.9. The molecule has 2 unspecified atom stereocenters. The summed E-state index contributed by atoms with van der Waals surface area (Å²) in [5.41, 5.74) is 0. The van der Waals surface area contributed by atoms with E-state index in [2.05, 4.69) is 11.0 Å². The first-order chi connectivity index (χ1) is 6.85. The van der Waals surface area contributed by atoms with E-state index in [4.69, 9.17) is 5.11 Å². The van der Waals surface area contributed by atoms with Gasteiger partial charge in [-0.05, 0) is 51.8 Å². The summed E-state index contributed by atoms with van der Waals surface area (Å²) in [4.78, 5) is 0. The summed E-state index contributed by atoms with van der Waals surface area (Å²) < 4.78 is 2.42. The van der Waals surface area contributed by atoms with Crippen LogP contribution in [0.4, 0.5) is 0 Å². The Labute approximate surface area is 88.2 Å². The highest BCUT2D eigenvalue weighted by atomic mass is 31.1. The predicted octanol–water partition coefficient (Wildman–Crippen LogP) is 2.01. The van der Waals surface area contributed by atoms with Gasteiger partial charge in [0.1, 0.15) is 0 Å². The van der Waals surface area contributed by atoms with E-state index in [-0.39, 0.29) is 0 Å². The van der Waals surface area contributed by atoms with Gasteiger partial charge in [0.15, 0.2) is 0 Å². The number of nitrogens with zero attached hydrogens (tertiary/aromatic N) is 1. The fourth-order valence-corrected chi connectivity index (χ4v) is 3.32. The standard InChI is InChI=1S/C11H20NOP/c1-14-12-5-2-9(3-6-12)11-8-10(11)4-7-13/h9-11,13H,1-8H2. The van der Waals surface area contributed by atoms with Crippen molar-refractivity contribution in [2.24, 2.45) is 17.8 Å². The van der Waals surface area contributed by atoms with E-state index in [9.17, 15) is 0 Å². The molecule has 0 spiro atoms. The van der Waals surface area contributed by atoms with Gasteiger partial charge in [0, 0.05) is 19.7 Å². The maximum absolute atomic E-state index is 8.86. The van der Waals surface area contributed by atoms with Gasteiger partial charge in [-0.15, -0.1) is 0 Å². The van der Waals surface area contributed by atoms with E-state index < -0.39 is 0 Å². The summed E-state index contributed by atoms with van der Waals surface area (Å²) in [6.07, 6.45) is 9.04. The molecule has 1 aliphatic carbocycles. The van der Waals surface area contributed by atoms with Crippen LogP contribution >= 0.6 is 8.35 Å². The Balaban J connectivity index is 1.72. The van der Waals surface area contributed by atoms with Gasteiger partial charge in [-0.25, -0.2) is 0 Å². The Morgan fingerprint density at radius 3 is 2.64 bits per heavy atom. The molecule has 1 aliphatic heterocycles. The Morgan fingerprint density at radius 1 is 1.36 bits per heavy atom. The minimum Gasteiger partial charge on any atom is -0.396 e. The molecule has 2 nitrogen and oxygen atoms in total. The van der Waals surface area contributed by atoms with E-state index in [1.807, 2.05) is 0 Å². The van der Waals surface area contributed by atoms with Gasteiger partial charge in [0.2, 0.25) is 0 Å². The second kappa shape index (κ2) is 4.74. The van der Waals surface area contributed by atoms with Crippen molar-refractivity contribution in [3.05, 3.63) is 0 Å². The molecule has 0 bridgehead atoms. The first-order valence-corrected chi connectivity index (χ1v) is 6.71. The van der Waals surface area contributed by atoms with Gasteiger partial charge in [0.25, 0.3) is 0 Å². The van der Waals surface area contributed by atoms with Crippen LogP contribution in [0, 0.1) is 17.8 Å². The lowest BCUT2D eigenvalue weighted by atomic mass is 9.91. The summed E-state index contributed by atoms with van der Waals surface area (Å²) in [6, 6.07) is 0. The third-order valence-corrected chi connectivity index (χ3v) is 4.60. The van der Waals surface area contributed by atoms with Crippen molar-refractivity contribution in [3.63, 3.8) is 0 Å². The van der Waals surface area contributed by atoms with E-state index in [1.54, 1.807) is 0 Å². The molecular formula is C11H20NOP. The first-order valence-electron chi connectivity index (χ1n) is 5.67. The second-order valence-corrected chi connectivity index (χ2v) is 5.45. The molecule has 0 amide bonds. The van der Waals surface area contributed by atoms with E-state index >= 15 is 0 Å². The van der Waals surface area contributed by atoms with Crippen LogP contribution in [0.1, 0.15) is 25.7 Å². The third kappa shape index (κ3) is 2.36. The van der Waals surface area contributed by atoms with Crippen molar-refractivity contribution in [1.82, 2.24) is 4.67 Å². The molecule has 0 aromatic rings. The van der Waals surface area contributed by atoms with Crippen LogP contribution in [0.25, 0.3) is 0 Å². The summed E-state index contributed by atoms with van der Waals surface area (Å²) in [5, 5.41) is 8.86. The van der Waals surface area contributed by atoms with Crippen molar-refractivity contribution in [1.29, 1.82) is 0 Å². The number of hydrogen-bond donors (Lipinski definition) is 1.